The second-order valence-electron chi connectivity index (χ2n) is 5.70. The average Bonchev–Trinajstić information content (AvgIpc) is 3.22. The number of hydrogen-bond donors (Lipinski definition) is 0. The summed E-state index contributed by atoms with van der Waals surface area (Å²) in [5, 5.41) is 8.15. The van der Waals surface area contributed by atoms with Crippen molar-refractivity contribution in [2.24, 2.45) is 5.16 Å². The summed E-state index contributed by atoms with van der Waals surface area (Å²) in [6.45, 7) is 0.0876. The molecule has 0 aliphatic rings. The van der Waals surface area contributed by atoms with Crippen LogP contribution in [0.4, 0.5) is 0 Å². The lowest BCUT2D eigenvalue weighted by atomic mass is 10.1. The maximum absolute atomic E-state index is 12.1. The Morgan fingerprint density at radius 2 is 1.93 bits per heavy atom. The molecule has 7 nitrogen and oxygen atoms in total. The number of ether oxygens (including phenoxy) is 2. The lowest BCUT2D eigenvalue weighted by Gasteiger charge is -2.10. The molecule has 8 heteroatoms. The highest BCUT2D eigenvalue weighted by molar-refractivity contribution is 6.33. The third kappa shape index (κ3) is 4.85. The third-order valence-corrected chi connectivity index (χ3v) is 4.20. The van der Waals surface area contributed by atoms with Crippen molar-refractivity contribution in [3.8, 4) is 17.0 Å². The van der Waals surface area contributed by atoms with E-state index < -0.39 is 5.97 Å². The van der Waals surface area contributed by atoms with Gasteiger partial charge in [0, 0.05) is 23.1 Å². The molecule has 148 valence electrons. The van der Waals surface area contributed by atoms with Crippen LogP contribution in [0.25, 0.3) is 16.8 Å². The van der Waals surface area contributed by atoms with Crippen LogP contribution in [0.5, 0.6) is 5.75 Å². The molecule has 0 aliphatic carbocycles. The number of rotatable bonds is 7. The van der Waals surface area contributed by atoms with Gasteiger partial charge in [-0.3, -0.25) is 0 Å². The van der Waals surface area contributed by atoms with Crippen LogP contribution in [0.2, 0.25) is 5.02 Å². The molecule has 0 aliphatic heterocycles. The summed E-state index contributed by atoms with van der Waals surface area (Å²) in [6, 6.07) is 16.0. The van der Waals surface area contributed by atoms with E-state index in [-0.39, 0.29) is 12.2 Å². The Kier molecular flexibility index (Phi) is 6.68. The molecular weight excluding hydrogens is 396 g/mol. The first kappa shape index (κ1) is 20.2. The Morgan fingerprint density at radius 1 is 1.17 bits per heavy atom. The number of carbonyl (C=O) groups is 1. The minimum absolute atomic E-state index is 0.0688. The van der Waals surface area contributed by atoms with Gasteiger partial charge in [0.1, 0.15) is 30.7 Å². The number of carbonyl (C=O) groups excluding carboxylic acids is 1. The smallest absolute Gasteiger partial charge is 0.348 e. The van der Waals surface area contributed by atoms with Crippen molar-refractivity contribution in [2.45, 2.75) is 6.61 Å². The number of aromatic nitrogens is 1. The van der Waals surface area contributed by atoms with Gasteiger partial charge in [0.25, 0.3) is 0 Å². The van der Waals surface area contributed by atoms with Crippen molar-refractivity contribution >= 4 is 29.0 Å². The summed E-state index contributed by atoms with van der Waals surface area (Å²) >= 11 is 6.20. The molecule has 29 heavy (non-hydrogen) atoms. The van der Waals surface area contributed by atoms with Gasteiger partial charge < -0.3 is 18.8 Å². The van der Waals surface area contributed by atoms with Gasteiger partial charge in [-0.05, 0) is 23.4 Å². The molecule has 0 saturated carbocycles. The molecule has 0 atom stereocenters. The fourth-order valence-corrected chi connectivity index (χ4v) is 2.77. The van der Waals surface area contributed by atoms with E-state index in [1.807, 2.05) is 18.2 Å². The normalized spacial score (nSPS) is 10.0. The monoisotopic (exact) mass is 412 g/mol. The van der Waals surface area contributed by atoms with Crippen LogP contribution in [-0.2, 0) is 21.0 Å². The molecule has 0 fully saturated rings. The SMILES string of the molecule is CON=C=C(C(=O)OC)c1ccccc1OCc1cc(-c2ccccc2Cl)no1. The molecule has 0 unspecified atom stereocenters. The van der Waals surface area contributed by atoms with E-state index in [4.69, 9.17) is 25.6 Å². The number of nitrogens with zero attached hydrogens (tertiary/aromatic N) is 2. The Morgan fingerprint density at radius 3 is 2.69 bits per heavy atom. The summed E-state index contributed by atoms with van der Waals surface area (Å²) < 4.78 is 16.0. The standard InChI is InChI=1S/C21H17ClN2O5/c1-26-21(25)17(12-23-27-2)15-7-4-6-10-20(15)28-13-14-11-19(24-29-14)16-8-3-5-9-18(16)22/h3-11H,13H2,1-2H3. The van der Waals surface area contributed by atoms with E-state index in [0.717, 1.165) is 5.56 Å². The van der Waals surface area contributed by atoms with Gasteiger partial charge in [-0.15, -0.1) is 0 Å². The van der Waals surface area contributed by atoms with Gasteiger partial charge in [0.05, 0.1) is 12.1 Å². The molecular formula is C21H17ClN2O5. The van der Waals surface area contributed by atoms with Crippen LogP contribution < -0.4 is 4.74 Å². The van der Waals surface area contributed by atoms with Gasteiger partial charge in [0.2, 0.25) is 0 Å². The largest absolute Gasteiger partial charge is 0.485 e. The molecule has 3 aromatic rings. The fourth-order valence-electron chi connectivity index (χ4n) is 2.53. The number of esters is 1. The van der Waals surface area contributed by atoms with Crippen molar-refractivity contribution in [3.63, 3.8) is 0 Å². The summed E-state index contributed by atoms with van der Waals surface area (Å²) in [5.74, 6) is 2.81. The van der Waals surface area contributed by atoms with Gasteiger partial charge in [-0.1, -0.05) is 47.1 Å². The molecule has 0 spiro atoms. The Balaban J connectivity index is 1.83. The molecule has 0 N–H and O–H groups in total. The average molecular weight is 413 g/mol. The number of hydrogen-bond acceptors (Lipinski definition) is 7. The molecule has 1 aromatic heterocycles. The first-order chi connectivity index (χ1) is 14.1. The van der Waals surface area contributed by atoms with E-state index in [1.54, 1.807) is 36.4 Å². The highest BCUT2D eigenvalue weighted by Gasteiger charge is 2.18. The number of benzene rings is 2. The van der Waals surface area contributed by atoms with E-state index in [0.29, 0.717) is 27.8 Å². The van der Waals surface area contributed by atoms with E-state index >= 15 is 0 Å². The predicted molar refractivity (Wildman–Crippen MR) is 108 cm³/mol. The molecule has 3 rings (SSSR count). The summed E-state index contributed by atoms with van der Waals surface area (Å²) in [5.41, 5.74) is 1.88. The molecule has 0 bridgehead atoms. The van der Waals surface area contributed by atoms with Crippen molar-refractivity contribution in [1.82, 2.24) is 5.16 Å². The minimum Gasteiger partial charge on any atom is -0.485 e. The van der Waals surface area contributed by atoms with Gasteiger partial charge in [-0.25, -0.2) is 4.79 Å². The Bertz CT molecular complexity index is 1070. The summed E-state index contributed by atoms with van der Waals surface area (Å²) in [6.07, 6.45) is 0. The topological polar surface area (TPSA) is 83.2 Å². The second-order valence-corrected chi connectivity index (χ2v) is 6.10. The predicted octanol–water partition coefficient (Wildman–Crippen LogP) is 4.36. The number of methoxy groups -OCH3 is 1. The lowest BCUT2D eigenvalue weighted by molar-refractivity contribution is -0.133. The van der Waals surface area contributed by atoms with Gasteiger partial charge >= 0.3 is 5.97 Å². The Hall–Kier alpha value is -3.54. The maximum Gasteiger partial charge on any atom is 0.348 e. The minimum atomic E-state index is -0.623. The zero-order valence-electron chi connectivity index (χ0n) is 15.7. The van der Waals surface area contributed by atoms with E-state index in [1.165, 1.54) is 14.2 Å². The lowest BCUT2D eigenvalue weighted by Crippen LogP contribution is -2.07. The Labute approximate surface area is 172 Å². The first-order valence-electron chi connectivity index (χ1n) is 8.51. The van der Waals surface area contributed by atoms with Crippen molar-refractivity contribution in [3.05, 3.63) is 70.9 Å². The third-order valence-electron chi connectivity index (χ3n) is 3.87. The van der Waals surface area contributed by atoms with Crippen LogP contribution in [-0.4, -0.2) is 31.2 Å². The van der Waals surface area contributed by atoms with Crippen LogP contribution in [0.3, 0.4) is 0 Å². The van der Waals surface area contributed by atoms with Crippen molar-refractivity contribution in [2.75, 3.05) is 14.2 Å². The van der Waals surface area contributed by atoms with E-state index in [9.17, 15) is 4.79 Å². The fraction of sp³-hybridized carbons (Fsp3) is 0.143. The van der Waals surface area contributed by atoms with Gasteiger partial charge in [-0.2, -0.15) is 0 Å². The van der Waals surface area contributed by atoms with Crippen molar-refractivity contribution < 1.29 is 23.6 Å². The molecule has 2 aromatic carbocycles. The summed E-state index contributed by atoms with van der Waals surface area (Å²) in [4.78, 5) is 16.7. The highest BCUT2D eigenvalue weighted by Crippen LogP contribution is 2.29. The van der Waals surface area contributed by atoms with Crippen LogP contribution in [0.15, 0.2) is 64.3 Å². The maximum atomic E-state index is 12.1. The van der Waals surface area contributed by atoms with Crippen LogP contribution in [0.1, 0.15) is 11.3 Å². The second kappa shape index (κ2) is 9.59. The van der Waals surface area contributed by atoms with Crippen LogP contribution in [0, 0.1) is 0 Å². The zero-order valence-corrected chi connectivity index (χ0v) is 16.5. The number of halogens is 1. The first-order valence-corrected chi connectivity index (χ1v) is 8.89. The van der Waals surface area contributed by atoms with E-state index in [2.05, 4.69) is 21.0 Å². The quantitative estimate of drug-likeness (QED) is 0.248. The molecule has 0 saturated heterocycles. The zero-order chi connectivity index (χ0) is 20.6. The summed E-state index contributed by atoms with van der Waals surface area (Å²) in [7, 11) is 2.62. The number of para-hydroxylation sites is 1. The van der Waals surface area contributed by atoms with Crippen LogP contribution >= 0.6 is 11.6 Å². The van der Waals surface area contributed by atoms with Crippen molar-refractivity contribution in [1.29, 1.82) is 0 Å². The van der Waals surface area contributed by atoms with Gasteiger partial charge in [0.15, 0.2) is 5.76 Å². The molecule has 0 amide bonds. The highest BCUT2D eigenvalue weighted by atomic mass is 35.5. The molecule has 1 heterocycles. The molecule has 0 radical (unpaired) electrons.